The Labute approximate surface area is 125 Å². The van der Waals surface area contributed by atoms with E-state index in [0.29, 0.717) is 0 Å². The first kappa shape index (κ1) is 14.5. The zero-order chi connectivity index (χ0) is 14.2. The lowest BCUT2D eigenvalue weighted by molar-refractivity contribution is -0.0777. The van der Waals surface area contributed by atoms with E-state index in [1.54, 1.807) is 0 Å². The number of hydrogen-bond donors (Lipinski definition) is 1. The molecule has 0 saturated heterocycles. The maximum atomic E-state index is 6.23. The minimum absolute atomic E-state index is 0.122. The van der Waals surface area contributed by atoms with Crippen LogP contribution in [0.5, 0.6) is 0 Å². The van der Waals surface area contributed by atoms with Gasteiger partial charge in [-0.05, 0) is 57.8 Å². The molecule has 1 fully saturated rings. The fourth-order valence-corrected chi connectivity index (χ4v) is 4.95. The number of fused-ring (bicyclic) bond motifs is 1. The van der Waals surface area contributed by atoms with Crippen molar-refractivity contribution in [1.82, 2.24) is 4.98 Å². The van der Waals surface area contributed by atoms with Crippen molar-refractivity contribution >= 4 is 11.3 Å². The van der Waals surface area contributed by atoms with Crippen molar-refractivity contribution in [2.75, 3.05) is 6.61 Å². The van der Waals surface area contributed by atoms with Crippen molar-refractivity contribution in [1.29, 1.82) is 0 Å². The molecule has 20 heavy (non-hydrogen) atoms. The van der Waals surface area contributed by atoms with Gasteiger partial charge in [-0.2, -0.15) is 0 Å². The van der Waals surface area contributed by atoms with Gasteiger partial charge in [-0.15, -0.1) is 11.3 Å². The van der Waals surface area contributed by atoms with Crippen LogP contribution in [0.4, 0.5) is 0 Å². The first-order valence-electron chi connectivity index (χ1n) is 8.04. The van der Waals surface area contributed by atoms with Crippen LogP contribution in [0, 0.1) is 5.92 Å². The molecule has 1 aromatic heterocycles. The third kappa shape index (κ3) is 2.53. The van der Waals surface area contributed by atoms with E-state index in [1.807, 2.05) is 11.3 Å². The first-order valence-corrected chi connectivity index (χ1v) is 8.86. The van der Waals surface area contributed by atoms with Gasteiger partial charge in [-0.1, -0.05) is 6.92 Å². The Morgan fingerprint density at radius 2 is 2.10 bits per heavy atom. The molecule has 0 aromatic carbocycles. The van der Waals surface area contributed by atoms with Crippen molar-refractivity contribution in [3.05, 3.63) is 15.6 Å². The standard InChI is InChI=1S/C16H26N2OS/c1-3-19-16(9-7-11(2)8-10-16)15-18-14-12(17)5-4-6-13(14)20-15/h11-12H,3-10,17H2,1-2H3. The molecule has 0 bridgehead atoms. The molecule has 2 N–H and O–H groups in total. The van der Waals surface area contributed by atoms with E-state index < -0.39 is 0 Å². The Morgan fingerprint density at radius 1 is 1.35 bits per heavy atom. The molecule has 0 amide bonds. The molecule has 2 aliphatic carbocycles. The summed E-state index contributed by atoms with van der Waals surface area (Å²) < 4.78 is 6.22. The van der Waals surface area contributed by atoms with E-state index in [9.17, 15) is 0 Å². The fraction of sp³-hybridized carbons (Fsp3) is 0.812. The van der Waals surface area contributed by atoms with Gasteiger partial charge in [0.05, 0.1) is 5.69 Å². The van der Waals surface area contributed by atoms with Gasteiger partial charge in [0.25, 0.3) is 0 Å². The monoisotopic (exact) mass is 294 g/mol. The largest absolute Gasteiger partial charge is 0.368 e. The molecule has 1 heterocycles. The summed E-state index contributed by atoms with van der Waals surface area (Å²) in [5.74, 6) is 0.820. The topological polar surface area (TPSA) is 48.1 Å². The number of hydrogen-bond acceptors (Lipinski definition) is 4. The van der Waals surface area contributed by atoms with Gasteiger partial charge in [-0.3, -0.25) is 0 Å². The predicted molar refractivity (Wildman–Crippen MR) is 82.9 cm³/mol. The molecule has 3 rings (SSSR count). The van der Waals surface area contributed by atoms with Gasteiger partial charge >= 0.3 is 0 Å². The number of rotatable bonds is 3. The number of aromatic nitrogens is 1. The summed E-state index contributed by atoms with van der Waals surface area (Å²) in [7, 11) is 0. The SMILES string of the molecule is CCOC1(c2nc3c(s2)CCCC3N)CCC(C)CC1. The minimum atomic E-state index is -0.122. The third-order valence-corrected chi connectivity index (χ3v) is 6.21. The second-order valence-corrected chi connectivity index (χ2v) is 7.52. The first-order chi connectivity index (χ1) is 9.64. The minimum Gasteiger partial charge on any atom is -0.368 e. The van der Waals surface area contributed by atoms with Crippen molar-refractivity contribution in [3.8, 4) is 0 Å². The number of aryl methyl sites for hydroxylation is 1. The van der Waals surface area contributed by atoms with Gasteiger partial charge in [0.1, 0.15) is 10.6 Å². The lowest BCUT2D eigenvalue weighted by Crippen LogP contribution is -2.34. The summed E-state index contributed by atoms with van der Waals surface area (Å²) in [5, 5.41) is 1.20. The highest BCUT2D eigenvalue weighted by Gasteiger charge is 2.40. The maximum Gasteiger partial charge on any atom is 0.125 e. The average molecular weight is 294 g/mol. The summed E-state index contributed by atoms with van der Waals surface area (Å²) in [6.07, 6.45) is 8.16. The molecule has 2 aliphatic rings. The zero-order valence-corrected chi connectivity index (χ0v) is 13.5. The van der Waals surface area contributed by atoms with Crippen LogP contribution in [-0.4, -0.2) is 11.6 Å². The number of nitrogens with zero attached hydrogens (tertiary/aromatic N) is 1. The van der Waals surface area contributed by atoms with Crippen molar-refractivity contribution in [3.63, 3.8) is 0 Å². The lowest BCUT2D eigenvalue weighted by Gasteiger charge is -2.37. The summed E-state index contributed by atoms with van der Waals surface area (Å²) in [6.45, 7) is 5.21. The molecule has 1 unspecified atom stereocenters. The molecule has 1 aromatic rings. The normalized spacial score (nSPS) is 34.0. The summed E-state index contributed by atoms with van der Waals surface area (Å²) in [5.41, 5.74) is 7.27. The van der Waals surface area contributed by atoms with Crippen molar-refractivity contribution < 1.29 is 4.74 Å². The Morgan fingerprint density at radius 3 is 2.75 bits per heavy atom. The molecule has 0 spiro atoms. The van der Waals surface area contributed by atoms with Crippen LogP contribution in [0.25, 0.3) is 0 Å². The van der Waals surface area contributed by atoms with Crippen LogP contribution < -0.4 is 5.73 Å². The Kier molecular flexibility index (Phi) is 4.16. The molecular formula is C16H26N2OS. The molecule has 3 nitrogen and oxygen atoms in total. The Balaban J connectivity index is 1.92. The quantitative estimate of drug-likeness (QED) is 0.919. The van der Waals surface area contributed by atoms with E-state index in [2.05, 4.69) is 13.8 Å². The molecule has 4 heteroatoms. The van der Waals surface area contributed by atoms with Crippen LogP contribution in [0.3, 0.4) is 0 Å². The predicted octanol–water partition coefficient (Wildman–Crippen LogP) is 3.92. The second kappa shape index (κ2) is 5.74. The highest BCUT2D eigenvalue weighted by molar-refractivity contribution is 7.11. The second-order valence-electron chi connectivity index (χ2n) is 6.44. The molecular weight excluding hydrogens is 268 g/mol. The Bertz CT molecular complexity index is 463. The van der Waals surface area contributed by atoms with E-state index >= 15 is 0 Å². The summed E-state index contributed by atoms with van der Waals surface area (Å²) in [4.78, 5) is 6.35. The van der Waals surface area contributed by atoms with Crippen LogP contribution in [-0.2, 0) is 16.8 Å². The Hall–Kier alpha value is -0.450. The van der Waals surface area contributed by atoms with Crippen LogP contribution in [0.15, 0.2) is 0 Å². The van der Waals surface area contributed by atoms with Gasteiger partial charge in [-0.25, -0.2) is 4.98 Å². The number of nitrogens with two attached hydrogens (primary N) is 1. The third-order valence-electron chi connectivity index (χ3n) is 4.89. The van der Waals surface area contributed by atoms with Crippen molar-refractivity contribution in [2.24, 2.45) is 11.7 Å². The lowest BCUT2D eigenvalue weighted by atomic mass is 9.79. The van der Waals surface area contributed by atoms with Gasteiger partial charge < -0.3 is 10.5 Å². The van der Waals surface area contributed by atoms with E-state index in [1.165, 1.54) is 29.1 Å². The summed E-state index contributed by atoms with van der Waals surface area (Å²) in [6, 6.07) is 0.143. The molecule has 1 atom stereocenters. The van der Waals surface area contributed by atoms with Crippen LogP contribution >= 0.6 is 11.3 Å². The fourth-order valence-electron chi connectivity index (χ4n) is 3.57. The molecule has 1 saturated carbocycles. The van der Waals surface area contributed by atoms with Crippen LogP contribution in [0.1, 0.15) is 74.0 Å². The number of ether oxygens (including phenoxy) is 1. The highest BCUT2D eigenvalue weighted by Crippen LogP contribution is 2.46. The van der Waals surface area contributed by atoms with Crippen LogP contribution in [0.2, 0.25) is 0 Å². The van der Waals surface area contributed by atoms with Gasteiger partial charge in [0, 0.05) is 17.5 Å². The molecule has 0 radical (unpaired) electrons. The van der Waals surface area contributed by atoms with Crippen molar-refractivity contribution in [2.45, 2.75) is 70.4 Å². The molecule has 0 aliphatic heterocycles. The zero-order valence-electron chi connectivity index (χ0n) is 12.7. The molecule has 112 valence electrons. The van der Waals surface area contributed by atoms with Gasteiger partial charge in [0.15, 0.2) is 0 Å². The smallest absolute Gasteiger partial charge is 0.125 e. The highest BCUT2D eigenvalue weighted by atomic mass is 32.1. The summed E-state index contributed by atoms with van der Waals surface area (Å²) >= 11 is 1.87. The van der Waals surface area contributed by atoms with E-state index in [4.69, 9.17) is 15.5 Å². The maximum absolute atomic E-state index is 6.23. The van der Waals surface area contributed by atoms with Gasteiger partial charge in [0.2, 0.25) is 0 Å². The van der Waals surface area contributed by atoms with E-state index in [-0.39, 0.29) is 11.6 Å². The van der Waals surface area contributed by atoms with E-state index in [0.717, 1.165) is 43.9 Å². The number of thiazole rings is 1. The average Bonchev–Trinajstić information content (AvgIpc) is 2.88.